The Kier molecular flexibility index (Phi) is 3.25. The number of nitrogens with zero attached hydrogens (tertiary/aromatic N) is 4. The molecule has 1 atom stereocenters. The van der Waals surface area contributed by atoms with Crippen molar-refractivity contribution in [3.63, 3.8) is 0 Å². The number of carbonyl (C=O) groups excluding carboxylic acids is 1. The lowest BCUT2D eigenvalue weighted by molar-refractivity contribution is 0.0921. The first-order valence-corrected chi connectivity index (χ1v) is 6.81. The second-order valence-corrected chi connectivity index (χ2v) is 4.96. The Balaban J connectivity index is 1.71. The Hall–Kier alpha value is -2.18. The average Bonchev–Trinajstić information content (AvgIpc) is 3.04. The van der Waals surface area contributed by atoms with Gasteiger partial charge in [0.2, 0.25) is 0 Å². The van der Waals surface area contributed by atoms with Crippen LogP contribution in [0.15, 0.2) is 10.8 Å². The molecule has 1 amide bonds. The molecule has 0 spiro atoms. The first-order chi connectivity index (χ1) is 9.69. The van der Waals surface area contributed by atoms with Crippen LogP contribution in [-0.4, -0.2) is 31.7 Å². The molecular weight excluding hydrogens is 258 g/mol. The summed E-state index contributed by atoms with van der Waals surface area (Å²) in [5.41, 5.74) is 0.357. The molecule has 20 heavy (non-hydrogen) atoms. The van der Waals surface area contributed by atoms with Gasteiger partial charge >= 0.3 is 0 Å². The third-order valence-electron chi connectivity index (χ3n) is 3.63. The quantitative estimate of drug-likeness (QED) is 0.898. The van der Waals surface area contributed by atoms with Crippen molar-refractivity contribution in [3.8, 4) is 0 Å². The van der Waals surface area contributed by atoms with Gasteiger partial charge in [0.15, 0.2) is 12.1 Å². The molecule has 3 heterocycles. The Morgan fingerprint density at radius 2 is 2.40 bits per heavy atom. The summed E-state index contributed by atoms with van der Waals surface area (Å²) in [5, 5.41) is 11.4. The maximum atomic E-state index is 12.1. The monoisotopic (exact) mass is 275 g/mol. The van der Waals surface area contributed by atoms with Gasteiger partial charge in [-0.05, 0) is 13.3 Å². The number of fused-ring (bicyclic) bond motifs is 1. The summed E-state index contributed by atoms with van der Waals surface area (Å²) < 4.78 is 7.16. The molecule has 7 heteroatoms. The van der Waals surface area contributed by atoms with Gasteiger partial charge < -0.3 is 14.3 Å². The van der Waals surface area contributed by atoms with Crippen LogP contribution in [0.3, 0.4) is 0 Å². The number of carbonyl (C=O) groups is 1. The van der Waals surface area contributed by atoms with E-state index in [1.807, 2.05) is 0 Å². The summed E-state index contributed by atoms with van der Waals surface area (Å²) >= 11 is 0. The largest absolute Gasteiger partial charge is 0.448 e. The van der Waals surface area contributed by atoms with Crippen molar-refractivity contribution in [3.05, 3.63) is 29.5 Å². The zero-order chi connectivity index (χ0) is 14.1. The number of aryl methyl sites for hydroxylation is 3. The molecule has 0 saturated carbocycles. The molecule has 0 aliphatic carbocycles. The van der Waals surface area contributed by atoms with E-state index >= 15 is 0 Å². The van der Waals surface area contributed by atoms with Gasteiger partial charge in [0.05, 0.1) is 0 Å². The van der Waals surface area contributed by atoms with Crippen molar-refractivity contribution in [2.75, 3.05) is 0 Å². The van der Waals surface area contributed by atoms with E-state index in [4.69, 9.17) is 4.42 Å². The standard InChI is InChI=1S/C13H17N5O2/c1-3-10-16-17-11-5-4-9(6-18(10)11)15-13(19)12-8(2)20-7-14-12/h7,9H,3-6H2,1-2H3,(H,15,19)/t9-/m1/s1. The topological polar surface area (TPSA) is 85.8 Å². The molecule has 0 radical (unpaired) electrons. The normalized spacial score (nSPS) is 17.8. The lowest BCUT2D eigenvalue weighted by atomic mass is 10.1. The SMILES string of the molecule is CCc1nnc2n1C[C@H](NC(=O)c1ncoc1C)CC2. The van der Waals surface area contributed by atoms with Crippen LogP contribution in [0.25, 0.3) is 0 Å². The fraction of sp³-hybridized carbons (Fsp3) is 0.538. The number of hydrogen-bond donors (Lipinski definition) is 1. The predicted molar refractivity (Wildman–Crippen MR) is 70.2 cm³/mol. The van der Waals surface area contributed by atoms with Gasteiger partial charge in [-0.3, -0.25) is 4.79 Å². The highest BCUT2D eigenvalue weighted by Gasteiger charge is 2.25. The highest BCUT2D eigenvalue weighted by atomic mass is 16.3. The summed E-state index contributed by atoms with van der Waals surface area (Å²) in [5.74, 6) is 2.33. The zero-order valence-corrected chi connectivity index (χ0v) is 11.6. The van der Waals surface area contributed by atoms with Crippen molar-refractivity contribution >= 4 is 5.91 Å². The minimum absolute atomic E-state index is 0.0763. The van der Waals surface area contributed by atoms with E-state index < -0.39 is 0 Å². The van der Waals surface area contributed by atoms with Gasteiger partial charge in [-0.25, -0.2) is 4.98 Å². The Morgan fingerprint density at radius 3 is 3.10 bits per heavy atom. The molecule has 0 unspecified atom stereocenters. The van der Waals surface area contributed by atoms with Crippen LogP contribution in [0.2, 0.25) is 0 Å². The average molecular weight is 275 g/mol. The van der Waals surface area contributed by atoms with Crippen LogP contribution < -0.4 is 5.32 Å². The number of amides is 1. The van der Waals surface area contributed by atoms with Gasteiger partial charge in [0, 0.05) is 25.4 Å². The summed E-state index contributed by atoms with van der Waals surface area (Å²) in [6, 6.07) is 0.0763. The molecule has 1 aliphatic rings. The minimum Gasteiger partial charge on any atom is -0.448 e. The third kappa shape index (κ3) is 2.19. The van der Waals surface area contributed by atoms with Gasteiger partial charge in [0.1, 0.15) is 17.4 Å². The Labute approximate surface area is 116 Å². The molecular formula is C13H17N5O2. The molecule has 0 bridgehead atoms. The van der Waals surface area contributed by atoms with Crippen molar-refractivity contribution in [1.82, 2.24) is 25.1 Å². The number of hydrogen-bond acceptors (Lipinski definition) is 5. The van der Waals surface area contributed by atoms with Crippen LogP contribution in [0.4, 0.5) is 0 Å². The molecule has 1 aliphatic heterocycles. The summed E-state index contributed by atoms with van der Waals surface area (Å²) in [6.07, 6.45) is 3.83. The molecule has 0 aromatic carbocycles. The van der Waals surface area contributed by atoms with Crippen molar-refractivity contribution in [2.45, 2.75) is 45.7 Å². The Morgan fingerprint density at radius 1 is 1.55 bits per heavy atom. The van der Waals surface area contributed by atoms with E-state index in [1.165, 1.54) is 6.39 Å². The first-order valence-electron chi connectivity index (χ1n) is 6.81. The van der Waals surface area contributed by atoms with Crippen molar-refractivity contribution in [2.24, 2.45) is 0 Å². The zero-order valence-electron chi connectivity index (χ0n) is 11.6. The number of aromatic nitrogens is 4. The van der Waals surface area contributed by atoms with E-state index in [-0.39, 0.29) is 11.9 Å². The summed E-state index contributed by atoms with van der Waals surface area (Å²) in [7, 11) is 0. The molecule has 0 fully saturated rings. The second-order valence-electron chi connectivity index (χ2n) is 4.96. The predicted octanol–water partition coefficient (Wildman–Crippen LogP) is 0.882. The number of nitrogens with one attached hydrogen (secondary N) is 1. The fourth-order valence-electron chi connectivity index (χ4n) is 2.54. The van der Waals surface area contributed by atoms with E-state index in [0.717, 1.165) is 30.9 Å². The van der Waals surface area contributed by atoms with Crippen LogP contribution in [0, 0.1) is 6.92 Å². The molecule has 0 saturated heterocycles. The summed E-state index contributed by atoms with van der Waals surface area (Å²) in [6.45, 7) is 4.50. The smallest absolute Gasteiger partial charge is 0.273 e. The number of rotatable bonds is 3. The molecule has 106 valence electrons. The van der Waals surface area contributed by atoms with Crippen LogP contribution in [0.1, 0.15) is 41.2 Å². The van der Waals surface area contributed by atoms with Crippen molar-refractivity contribution in [1.29, 1.82) is 0 Å². The number of oxazole rings is 1. The van der Waals surface area contributed by atoms with Gasteiger partial charge in [0.25, 0.3) is 5.91 Å². The minimum atomic E-state index is -0.184. The molecule has 7 nitrogen and oxygen atoms in total. The maximum absolute atomic E-state index is 12.1. The van der Waals surface area contributed by atoms with Crippen LogP contribution >= 0.6 is 0 Å². The van der Waals surface area contributed by atoms with E-state index in [1.54, 1.807) is 6.92 Å². The van der Waals surface area contributed by atoms with Crippen LogP contribution in [-0.2, 0) is 19.4 Å². The van der Waals surface area contributed by atoms with E-state index in [0.29, 0.717) is 18.0 Å². The third-order valence-corrected chi connectivity index (χ3v) is 3.63. The van der Waals surface area contributed by atoms with Gasteiger partial charge in [-0.1, -0.05) is 6.92 Å². The van der Waals surface area contributed by atoms with E-state index in [9.17, 15) is 4.79 Å². The second kappa shape index (κ2) is 5.07. The summed E-state index contributed by atoms with van der Waals surface area (Å²) in [4.78, 5) is 16.1. The highest BCUT2D eigenvalue weighted by molar-refractivity contribution is 5.93. The lowest BCUT2D eigenvalue weighted by Crippen LogP contribution is -2.41. The Bertz CT molecular complexity index is 617. The van der Waals surface area contributed by atoms with Gasteiger partial charge in [-0.2, -0.15) is 0 Å². The van der Waals surface area contributed by atoms with Gasteiger partial charge in [-0.15, -0.1) is 10.2 Å². The maximum Gasteiger partial charge on any atom is 0.273 e. The molecule has 2 aromatic rings. The molecule has 2 aromatic heterocycles. The fourth-order valence-corrected chi connectivity index (χ4v) is 2.54. The van der Waals surface area contributed by atoms with Crippen LogP contribution in [0.5, 0.6) is 0 Å². The lowest BCUT2D eigenvalue weighted by Gasteiger charge is -2.24. The molecule has 1 N–H and O–H groups in total. The van der Waals surface area contributed by atoms with Crippen molar-refractivity contribution < 1.29 is 9.21 Å². The first kappa shape index (κ1) is 12.8. The molecule has 3 rings (SSSR count). The highest BCUT2D eigenvalue weighted by Crippen LogP contribution is 2.16. The van der Waals surface area contributed by atoms with E-state index in [2.05, 4.69) is 32.0 Å².